The van der Waals surface area contributed by atoms with Gasteiger partial charge in [0.25, 0.3) is 0 Å². The van der Waals surface area contributed by atoms with E-state index in [1.807, 2.05) is 0 Å². The molecule has 0 amide bonds. The van der Waals surface area contributed by atoms with Gasteiger partial charge in [-0.2, -0.15) is 0 Å². The third kappa shape index (κ3) is 7.65. The number of nitrogens with zero attached hydrogens (tertiary/aromatic N) is 1. The fraction of sp³-hybridized carbons (Fsp3) is 0.917. The zero-order valence-corrected chi connectivity index (χ0v) is 11.1. The number of ether oxygens (including phenoxy) is 1. The summed E-state index contributed by atoms with van der Waals surface area (Å²) in [5.74, 6) is -0.127. The lowest BCUT2D eigenvalue weighted by Gasteiger charge is -2.23. The Hall–Kier alpha value is -0.610. The van der Waals surface area contributed by atoms with E-state index < -0.39 is 0 Å². The van der Waals surface area contributed by atoms with Crippen LogP contribution < -0.4 is 5.32 Å². The minimum Gasteiger partial charge on any atom is -0.469 e. The highest BCUT2D eigenvalue weighted by molar-refractivity contribution is 5.69. The summed E-state index contributed by atoms with van der Waals surface area (Å²) in [5.41, 5.74) is 0. The molecule has 1 unspecified atom stereocenters. The van der Waals surface area contributed by atoms with Crippen LogP contribution in [0.5, 0.6) is 0 Å². The maximum atomic E-state index is 10.9. The van der Waals surface area contributed by atoms with E-state index >= 15 is 0 Å². The number of likely N-dealkylation sites (N-methyl/N-ethyl adjacent to an activating group) is 1. The first-order chi connectivity index (χ1) is 7.63. The Labute approximate surface area is 99.3 Å². The summed E-state index contributed by atoms with van der Waals surface area (Å²) in [7, 11) is 1.43. The second kappa shape index (κ2) is 9.60. The van der Waals surface area contributed by atoms with Crippen molar-refractivity contribution in [1.29, 1.82) is 0 Å². The van der Waals surface area contributed by atoms with Crippen molar-refractivity contribution in [3.63, 3.8) is 0 Å². The normalized spacial score (nSPS) is 12.8. The van der Waals surface area contributed by atoms with E-state index in [4.69, 9.17) is 0 Å². The van der Waals surface area contributed by atoms with Crippen molar-refractivity contribution < 1.29 is 9.53 Å². The molecule has 1 atom stereocenters. The molecular formula is C12H26N2O2. The Morgan fingerprint density at radius 2 is 2.00 bits per heavy atom. The van der Waals surface area contributed by atoms with Gasteiger partial charge in [0, 0.05) is 19.0 Å². The minimum absolute atomic E-state index is 0.127. The van der Waals surface area contributed by atoms with E-state index in [0.29, 0.717) is 12.5 Å². The van der Waals surface area contributed by atoms with Gasteiger partial charge >= 0.3 is 5.97 Å². The average molecular weight is 230 g/mol. The summed E-state index contributed by atoms with van der Waals surface area (Å²) in [6, 6.07) is 0.470. The summed E-state index contributed by atoms with van der Waals surface area (Å²) >= 11 is 0. The number of carbonyl (C=O) groups is 1. The maximum Gasteiger partial charge on any atom is 0.305 e. The second-order valence-electron chi connectivity index (χ2n) is 4.02. The predicted octanol–water partition coefficient (Wildman–Crippen LogP) is 1.26. The van der Waals surface area contributed by atoms with Crippen molar-refractivity contribution >= 4 is 5.97 Å². The monoisotopic (exact) mass is 230 g/mol. The van der Waals surface area contributed by atoms with Gasteiger partial charge in [-0.05, 0) is 33.0 Å². The van der Waals surface area contributed by atoms with Crippen LogP contribution in [-0.2, 0) is 9.53 Å². The first-order valence-electron chi connectivity index (χ1n) is 6.16. The SMILES string of the molecule is CCN(CC)CC(C)NCCCC(=O)OC. The van der Waals surface area contributed by atoms with E-state index in [0.717, 1.165) is 32.6 Å². The van der Waals surface area contributed by atoms with Gasteiger partial charge in [-0.1, -0.05) is 13.8 Å². The Morgan fingerprint density at radius 1 is 1.38 bits per heavy atom. The van der Waals surface area contributed by atoms with Crippen molar-refractivity contribution in [2.24, 2.45) is 0 Å². The van der Waals surface area contributed by atoms with Gasteiger partial charge < -0.3 is 15.0 Å². The molecule has 4 heteroatoms. The number of carbonyl (C=O) groups excluding carboxylic acids is 1. The molecule has 0 spiro atoms. The lowest BCUT2D eigenvalue weighted by Crippen LogP contribution is -2.39. The molecule has 0 aromatic carbocycles. The summed E-state index contributed by atoms with van der Waals surface area (Å²) in [6.45, 7) is 10.6. The third-order valence-electron chi connectivity index (χ3n) is 2.70. The molecule has 0 saturated heterocycles. The molecule has 0 aliphatic rings. The zero-order chi connectivity index (χ0) is 12.4. The standard InChI is InChI=1S/C12H26N2O2/c1-5-14(6-2)10-11(3)13-9-7-8-12(15)16-4/h11,13H,5-10H2,1-4H3. The summed E-state index contributed by atoms with van der Waals surface area (Å²) in [5, 5.41) is 3.41. The Kier molecular flexibility index (Phi) is 9.24. The van der Waals surface area contributed by atoms with E-state index in [9.17, 15) is 4.79 Å². The largest absolute Gasteiger partial charge is 0.469 e. The van der Waals surface area contributed by atoms with E-state index in [2.05, 4.69) is 35.7 Å². The van der Waals surface area contributed by atoms with Crippen LogP contribution in [0.3, 0.4) is 0 Å². The van der Waals surface area contributed by atoms with Crippen LogP contribution in [0, 0.1) is 0 Å². The van der Waals surface area contributed by atoms with Crippen molar-refractivity contribution in [2.75, 3.05) is 33.3 Å². The van der Waals surface area contributed by atoms with Crippen molar-refractivity contribution in [3.05, 3.63) is 0 Å². The number of nitrogens with one attached hydrogen (secondary N) is 1. The second-order valence-corrected chi connectivity index (χ2v) is 4.02. The first-order valence-corrected chi connectivity index (χ1v) is 6.16. The lowest BCUT2D eigenvalue weighted by molar-refractivity contribution is -0.140. The molecule has 0 aromatic heterocycles. The van der Waals surface area contributed by atoms with Crippen molar-refractivity contribution in [1.82, 2.24) is 10.2 Å². The van der Waals surface area contributed by atoms with E-state index in [-0.39, 0.29) is 5.97 Å². The molecule has 0 bridgehead atoms. The maximum absolute atomic E-state index is 10.9. The summed E-state index contributed by atoms with van der Waals surface area (Å²) < 4.78 is 4.58. The molecule has 0 radical (unpaired) electrons. The fourth-order valence-electron chi connectivity index (χ4n) is 1.62. The van der Waals surface area contributed by atoms with Gasteiger partial charge in [-0.25, -0.2) is 0 Å². The Bertz CT molecular complexity index is 182. The quantitative estimate of drug-likeness (QED) is 0.478. The molecule has 16 heavy (non-hydrogen) atoms. The zero-order valence-electron chi connectivity index (χ0n) is 11.1. The number of hydrogen-bond donors (Lipinski definition) is 1. The molecule has 1 N–H and O–H groups in total. The van der Waals surface area contributed by atoms with E-state index in [1.165, 1.54) is 7.11 Å². The van der Waals surface area contributed by atoms with Crippen LogP contribution in [0.15, 0.2) is 0 Å². The summed E-state index contributed by atoms with van der Waals surface area (Å²) in [4.78, 5) is 13.3. The highest BCUT2D eigenvalue weighted by Gasteiger charge is 2.06. The number of methoxy groups -OCH3 is 1. The van der Waals surface area contributed by atoms with Gasteiger partial charge in [0.15, 0.2) is 0 Å². The van der Waals surface area contributed by atoms with Gasteiger partial charge in [0.1, 0.15) is 0 Å². The molecular weight excluding hydrogens is 204 g/mol. The van der Waals surface area contributed by atoms with Crippen LogP contribution in [0.1, 0.15) is 33.6 Å². The molecule has 0 rings (SSSR count). The first kappa shape index (κ1) is 15.4. The molecule has 0 aliphatic heterocycles. The van der Waals surface area contributed by atoms with Gasteiger partial charge in [-0.15, -0.1) is 0 Å². The molecule has 0 saturated carbocycles. The highest BCUT2D eigenvalue weighted by atomic mass is 16.5. The van der Waals surface area contributed by atoms with Crippen LogP contribution in [-0.4, -0.2) is 50.2 Å². The van der Waals surface area contributed by atoms with Crippen LogP contribution in [0.4, 0.5) is 0 Å². The van der Waals surface area contributed by atoms with Crippen molar-refractivity contribution in [2.45, 2.75) is 39.7 Å². The van der Waals surface area contributed by atoms with Gasteiger partial charge in [-0.3, -0.25) is 4.79 Å². The number of rotatable bonds is 9. The molecule has 96 valence electrons. The molecule has 0 fully saturated rings. The number of esters is 1. The molecule has 0 aliphatic carbocycles. The third-order valence-corrected chi connectivity index (χ3v) is 2.70. The molecule has 4 nitrogen and oxygen atoms in total. The molecule has 0 aromatic rings. The number of hydrogen-bond acceptors (Lipinski definition) is 4. The fourth-order valence-corrected chi connectivity index (χ4v) is 1.62. The summed E-state index contributed by atoms with van der Waals surface area (Å²) in [6.07, 6.45) is 1.34. The lowest BCUT2D eigenvalue weighted by atomic mass is 10.2. The minimum atomic E-state index is -0.127. The van der Waals surface area contributed by atoms with Crippen LogP contribution in [0.2, 0.25) is 0 Å². The Balaban J connectivity index is 3.49. The smallest absolute Gasteiger partial charge is 0.305 e. The van der Waals surface area contributed by atoms with Crippen LogP contribution in [0.25, 0.3) is 0 Å². The van der Waals surface area contributed by atoms with Crippen molar-refractivity contribution in [3.8, 4) is 0 Å². The Morgan fingerprint density at radius 3 is 2.50 bits per heavy atom. The van der Waals surface area contributed by atoms with Gasteiger partial charge in [0.2, 0.25) is 0 Å². The van der Waals surface area contributed by atoms with E-state index in [1.54, 1.807) is 0 Å². The highest BCUT2D eigenvalue weighted by Crippen LogP contribution is 1.94. The predicted molar refractivity (Wildman–Crippen MR) is 66.5 cm³/mol. The van der Waals surface area contributed by atoms with Crippen LogP contribution >= 0.6 is 0 Å². The van der Waals surface area contributed by atoms with Gasteiger partial charge in [0.05, 0.1) is 7.11 Å². The average Bonchev–Trinajstić information content (AvgIpc) is 2.31. The molecule has 0 heterocycles. The topological polar surface area (TPSA) is 41.6 Å².